The molecule has 3 N–H and O–H groups in total. The predicted octanol–water partition coefficient (Wildman–Crippen LogP) is 2.78. The second kappa shape index (κ2) is 5.24. The van der Waals surface area contributed by atoms with Gasteiger partial charge in [-0.1, -0.05) is 29.8 Å². The van der Waals surface area contributed by atoms with Gasteiger partial charge in [-0.2, -0.15) is 0 Å². The third-order valence-electron chi connectivity index (χ3n) is 2.69. The molecule has 0 aliphatic heterocycles. The van der Waals surface area contributed by atoms with Gasteiger partial charge in [-0.3, -0.25) is 9.59 Å². The zero-order valence-corrected chi connectivity index (χ0v) is 11.5. The first-order valence-electron chi connectivity index (χ1n) is 5.75. The Morgan fingerprint density at radius 2 is 1.84 bits per heavy atom. The molecular formula is C14H14N2O2S. The van der Waals surface area contributed by atoms with E-state index in [0.717, 1.165) is 16.7 Å². The molecule has 1 heterocycles. The van der Waals surface area contributed by atoms with Crippen LogP contribution in [0.5, 0.6) is 0 Å². The van der Waals surface area contributed by atoms with Crippen LogP contribution in [0.1, 0.15) is 22.8 Å². The monoisotopic (exact) mass is 274 g/mol. The van der Waals surface area contributed by atoms with Crippen molar-refractivity contribution < 1.29 is 9.59 Å². The summed E-state index contributed by atoms with van der Waals surface area (Å²) in [5.41, 5.74) is 8.59. The predicted molar refractivity (Wildman–Crippen MR) is 77.3 cm³/mol. The van der Waals surface area contributed by atoms with Crippen LogP contribution < -0.4 is 11.1 Å². The molecular weight excluding hydrogens is 260 g/mol. The number of nitrogens with one attached hydrogen (secondary N) is 1. The number of hydrogen-bond acceptors (Lipinski definition) is 3. The Labute approximate surface area is 115 Å². The molecule has 4 nitrogen and oxygen atoms in total. The van der Waals surface area contributed by atoms with Crippen molar-refractivity contribution in [2.24, 2.45) is 5.73 Å². The van der Waals surface area contributed by atoms with Crippen LogP contribution in [0.4, 0.5) is 5.00 Å². The number of benzene rings is 1. The topological polar surface area (TPSA) is 72.2 Å². The molecule has 98 valence electrons. The number of carbonyl (C=O) groups is 2. The van der Waals surface area contributed by atoms with E-state index in [-0.39, 0.29) is 5.91 Å². The van der Waals surface area contributed by atoms with Gasteiger partial charge in [-0.05, 0) is 12.5 Å². The van der Waals surface area contributed by atoms with E-state index in [9.17, 15) is 9.59 Å². The fraction of sp³-hybridized carbons (Fsp3) is 0.143. The van der Waals surface area contributed by atoms with Crippen molar-refractivity contribution in [1.29, 1.82) is 0 Å². The number of hydrogen-bond donors (Lipinski definition) is 2. The zero-order valence-electron chi connectivity index (χ0n) is 10.7. The van der Waals surface area contributed by atoms with E-state index in [1.165, 1.54) is 18.3 Å². The summed E-state index contributed by atoms with van der Waals surface area (Å²) >= 11 is 1.30. The number of amides is 2. The molecule has 0 bridgehead atoms. The van der Waals surface area contributed by atoms with Gasteiger partial charge < -0.3 is 11.1 Å². The summed E-state index contributed by atoms with van der Waals surface area (Å²) in [4.78, 5) is 22.7. The molecule has 0 saturated carbocycles. The van der Waals surface area contributed by atoms with E-state index in [1.54, 1.807) is 0 Å². The molecule has 2 amide bonds. The molecule has 2 rings (SSSR count). The van der Waals surface area contributed by atoms with E-state index in [4.69, 9.17) is 5.73 Å². The summed E-state index contributed by atoms with van der Waals surface area (Å²) in [6, 6.07) is 7.80. The molecule has 0 unspecified atom stereocenters. The van der Waals surface area contributed by atoms with Crippen LogP contribution in [-0.2, 0) is 4.79 Å². The fourth-order valence-corrected chi connectivity index (χ4v) is 2.82. The lowest BCUT2D eigenvalue weighted by Crippen LogP contribution is -2.15. The van der Waals surface area contributed by atoms with E-state index < -0.39 is 5.91 Å². The molecule has 2 aromatic rings. The lowest BCUT2D eigenvalue weighted by Gasteiger charge is -2.05. The molecule has 1 aromatic carbocycles. The fourth-order valence-electron chi connectivity index (χ4n) is 1.80. The first kappa shape index (κ1) is 13.3. The van der Waals surface area contributed by atoms with Crippen LogP contribution in [0.25, 0.3) is 11.1 Å². The highest BCUT2D eigenvalue weighted by Gasteiger charge is 2.18. The van der Waals surface area contributed by atoms with Crippen molar-refractivity contribution in [3.63, 3.8) is 0 Å². The maximum Gasteiger partial charge on any atom is 0.252 e. The molecule has 0 fully saturated rings. The van der Waals surface area contributed by atoms with Gasteiger partial charge in [0.05, 0.1) is 5.56 Å². The highest BCUT2D eigenvalue weighted by atomic mass is 32.1. The number of thiophene rings is 1. The summed E-state index contributed by atoms with van der Waals surface area (Å²) < 4.78 is 0. The third-order valence-corrected chi connectivity index (χ3v) is 3.59. The lowest BCUT2D eigenvalue weighted by atomic mass is 10.0. The minimum absolute atomic E-state index is 0.222. The van der Waals surface area contributed by atoms with Gasteiger partial charge in [-0.15, -0.1) is 11.3 Å². The smallest absolute Gasteiger partial charge is 0.252 e. The highest BCUT2D eigenvalue weighted by molar-refractivity contribution is 7.15. The normalized spacial score (nSPS) is 10.2. The molecule has 0 spiro atoms. The summed E-state index contributed by atoms with van der Waals surface area (Å²) in [6.07, 6.45) is 0. The molecule has 5 heteroatoms. The Hall–Kier alpha value is -2.14. The quantitative estimate of drug-likeness (QED) is 0.903. The van der Waals surface area contributed by atoms with Crippen LogP contribution in [0.3, 0.4) is 0 Å². The summed E-state index contributed by atoms with van der Waals surface area (Å²) in [7, 11) is 0. The number of anilines is 1. The van der Waals surface area contributed by atoms with E-state index in [2.05, 4.69) is 5.32 Å². The molecule has 0 saturated heterocycles. The Balaban J connectivity index is 2.51. The first-order valence-corrected chi connectivity index (χ1v) is 6.63. The van der Waals surface area contributed by atoms with Crippen molar-refractivity contribution in [3.8, 4) is 11.1 Å². The average Bonchev–Trinajstić information content (AvgIpc) is 2.73. The second-order valence-electron chi connectivity index (χ2n) is 4.26. The molecule has 0 atom stereocenters. The number of aryl methyl sites for hydroxylation is 1. The minimum atomic E-state index is -0.541. The van der Waals surface area contributed by atoms with Crippen LogP contribution >= 0.6 is 11.3 Å². The van der Waals surface area contributed by atoms with Gasteiger partial charge in [-0.25, -0.2) is 0 Å². The van der Waals surface area contributed by atoms with Gasteiger partial charge in [0, 0.05) is 17.9 Å². The molecule has 1 aromatic heterocycles. The van der Waals surface area contributed by atoms with Gasteiger partial charge in [0.2, 0.25) is 5.91 Å². The summed E-state index contributed by atoms with van der Waals surface area (Å²) in [5, 5.41) is 4.96. The minimum Gasteiger partial charge on any atom is -0.365 e. The van der Waals surface area contributed by atoms with Gasteiger partial charge in [0.15, 0.2) is 0 Å². The van der Waals surface area contributed by atoms with Crippen molar-refractivity contribution >= 4 is 28.2 Å². The maximum atomic E-state index is 11.6. The highest BCUT2D eigenvalue weighted by Crippen LogP contribution is 2.35. The SMILES string of the molecule is CC(=O)Nc1scc(-c2ccc(C)cc2)c1C(N)=O. The summed E-state index contributed by atoms with van der Waals surface area (Å²) in [5.74, 6) is -0.764. The third kappa shape index (κ3) is 2.82. The van der Waals surface area contributed by atoms with E-state index >= 15 is 0 Å². The van der Waals surface area contributed by atoms with Gasteiger partial charge in [0.1, 0.15) is 5.00 Å². The largest absolute Gasteiger partial charge is 0.365 e. The number of carbonyl (C=O) groups excluding carboxylic acids is 2. The van der Waals surface area contributed by atoms with Gasteiger partial charge >= 0.3 is 0 Å². The van der Waals surface area contributed by atoms with Crippen molar-refractivity contribution in [3.05, 3.63) is 40.8 Å². The van der Waals surface area contributed by atoms with Crippen LogP contribution in [0.15, 0.2) is 29.6 Å². The van der Waals surface area contributed by atoms with Crippen LogP contribution in [0, 0.1) is 6.92 Å². The molecule has 19 heavy (non-hydrogen) atoms. The average molecular weight is 274 g/mol. The Bertz CT molecular complexity index is 629. The number of nitrogens with two attached hydrogens (primary N) is 1. The van der Waals surface area contributed by atoms with Crippen LogP contribution in [0.2, 0.25) is 0 Å². The second-order valence-corrected chi connectivity index (χ2v) is 5.14. The Morgan fingerprint density at radius 3 is 2.37 bits per heavy atom. The number of primary amides is 1. The van der Waals surface area contributed by atoms with Gasteiger partial charge in [0.25, 0.3) is 5.91 Å². The van der Waals surface area contributed by atoms with Crippen molar-refractivity contribution in [2.45, 2.75) is 13.8 Å². The Morgan fingerprint density at radius 1 is 1.21 bits per heavy atom. The molecule has 0 aliphatic carbocycles. The Kier molecular flexibility index (Phi) is 3.66. The summed E-state index contributed by atoms with van der Waals surface area (Å²) in [6.45, 7) is 3.39. The zero-order chi connectivity index (χ0) is 14.0. The molecule has 0 radical (unpaired) electrons. The van der Waals surface area contributed by atoms with Crippen LogP contribution in [-0.4, -0.2) is 11.8 Å². The molecule has 0 aliphatic rings. The van der Waals surface area contributed by atoms with E-state index in [0.29, 0.717) is 10.6 Å². The lowest BCUT2D eigenvalue weighted by molar-refractivity contribution is -0.114. The first-order chi connectivity index (χ1) is 8.99. The maximum absolute atomic E-state index is 11.6. The van der Waals surface area contributed by atoms with Crippen molar-refractivity contribution in [2.75, 3.05) is 5.32 Å². The van der Waals surface area contributed by atoms with Crippen molar-refractivity contribution in [1.82, 2.24) is 0 Å². The van der Waals surface area contributed by atoms with E-state index in [1.807, 2.05) is 36.6 Å². The number of rotatable bonds is 3. The standard InChI is InChI=1S/C14H14N2O2S/c1-8-3-5-10(6-4-8)11-7-19-14(16-9(2)17)12(11)13(15)18/h3-7H,1-2H3,(H2,15,18)(H,16,17).